The first-order chi connectivity index (χ1) is 4.76. The number of nitrogens with zero attached hydrogens (tertiary/aromatic N) is 2. The minimum absolute atomic E-state index is 0. The summed E-state index contributed by atoms with van der Waals surface area (Å²) in [5.74, 6) is 0. The smallest absolute Gasteiger partial charge is 0.761 e. The van der Waals surface area contributed by atoms with Crippen molar-refractivity contribution < 1.29 is 29.6 Å². The topological polar surface area (TPSA) is 59.6 Å². The number of allylic oxidation sites excluding steroid dienone is 1. The molecule has 0 unspecified atom stereocenters. The second-order valence-corrected chi connectivity index (χ2v) is 1.87. The summed E-state index contributed by atoms with van der Waals surface area (Å²) in [6.07, 6.45) is 0. The molecule has 0 bridgehead atoms. The summed E-state index contributed by atoms with van der Waals surface area (Å²) < 4.78 is 0. The predicted octanol–water partition coefficient (Wildman–Crippen LogP) is -2.59. The summed E-state index contributed by atoms with van der Waals surface area (Å²) in [6.45, 7) is 2.48. The molecule has 0 saturated heterocycles. The number of nitriles is 2. The normalized spacial score (nSPS) is 6.45. The van der Waals surface area contributed by atoms with Gasteiger partial charge in [-0.3, -0.25) is 0 Å². The van der Waals surface area contributed by atoms with Crippen molar-refractivity contribution in [2.24, 2.45) is 0 Å². The van der Waals surface area contributed by atoms with Crippen LogP contribution in [0.5, 0.6) is 0 Å². The zero-order valence-electron chi connectivity index (χ0n) is 6.51. The molecule has 5 heteroatoms. The molecule has 0 heterocycles. The van der Waals surface area contributed by atoms with E-state index in [0.29, 0.717) is 6.54 Å². The van der Waals surface area contributed by atoms with Gasteiger partial charge in [-0.2, -0.15) is 10.5 Å². The summed E-state index contributed by atoms with van der Waals surface area (Å²) in [5, 5.41) is 19.5. The van der Waals surface area contributed by atoms with Crippen LogP contribution in [-0.2, 0) is 12.6 Å². The Morgan fingerprint density at radius 1 is 1.45 bits per heavy atom. The van der Waals surface area contributed by atoms with Crippen LogP contribution in [0.25, 0.3) is 0 Å². The van der Waals surface area contributed by atoms with Crippen LogP contribution in [0.2, 0.25) is 0 Å². The van der Waals surface area contributed by atoms with Crippen LogP contribution in [0.4, 0.5) is 0 Å². The maximum Gasteiger partial charge on any atom is 1.00 e. The Kier molecular flexibility index (Phi) is 9.51. The van der Waals surface area contributed by atoms with Crippen LogP contribution in [0.1, 0.15) is 6.92 Å². The van der Waals surface area contributed by atoms with Gasteiger partial charge in [-0.25, -0.2) is 0 Å². The third-order valence-electron chi connectivity index (χ3n) is 0.788. The fourth-order valence-corrected chi connectivity index (χ4v) is 0.611. The molecule has 0 atom stereocenters. The largest absolute Gasteiger partial charge is 1.00 e. The van der Waals surface area contributed by atoms with Crippen molar-refractivity contribution in [2.45, 2.75) is 6.92 Å². The second kappa shape index (κ2) is 7.84. The van der Waals surface area contributed by atoms with Crippen LogP contribution in [0.3, 0.4) is 0 Å². The minimum atomic E-state index is -0.0307. The van der Waals surface area contributed by atoms with E-state index in [1.54, 1.807) is 12.1 Å². The first kappa shape index (κ1) is 13.3. The van der Waals surface area contributed by atoms with Crippen molar-refractivity contribution in [1.29, 1.82) is 10.5 Å². The van der Waals surface area contributed by atoms with E-state index in [1.807, 2.05) is 6.92 Å². The second-order valence-electron chi connectivity index (χ2n) is 1.46. The van der Waals surface area contributed by atoms with Gasteiger partial charge >= 0.3 is 29.6 Å². The van der Waals surface area contributed by atoms with Gasteiger partial charge < -0.3 is 17.9 Å². The van der Waals surface area contributed by atoms with Gasteiger partial charge in [-0.05, 0) is 6.92 Å². The molecule has 0 radical (unpaired) electrons. The van der Waals surface area contributed by atoms with Crippen molar-refractivity contribution in [2.75, 3.05) is 6.54 Å². The van der Waals surface area contributed by atoms with Crippen LogP contribution < -0.4 is 34.9 Å². The van der Waals surface area contributed by atoms with E-state index in [1.165, 1.54) is 0 Å². The van der Waals surface area contributed by atoms with Gasteiger partial charge in [0.2, 0.25) is 0 Å². The van der Waals surface area contributed by atoms with Gasteiger partial charge in [0.15, 0.2) is 0 Å². The molecule has 1 N–H and O–H groups in total. The fraction of sp³-hybridized carbons (Fsp3) is 0.333. The number of nitrogens with one attached hydrogen (secondary N) is 1. The Hall–Kier alpha value is -0.260. The molecule has 0 aliphatic carbocycles. The predicted molar refractivity (Wildman–Crippen MR) is 39.3 cm³/mol. The molecule has 0 aromatic carbocycles. The zero-order valence-corrected chi connectivity index (χ0v) is 9.33. The molecule has 0 rings (SSSR count). The Morgan fingerprint density at radius 2 is 1.91 bits per heavy atom. The molecule has 0 spiro atoms. The Bertz CT molecular complexity index is 207. The molecule has 0 fully saturated rings. The molecular formula is C6H6N3NaS. The van der Waals surface area contributed by atoms with Crippen LogP contribution in [0, 0.1) is 22.7 Å². The quantitative estimate of drug-likeness (QED) is 0.284. The van der Waals surface area contributed by atoms with E-state index in [0.717, 1.165) is 0 Å². The Morgan fingerprint density at radius 3 is 2.18 bits per heavy atom. The van der Waals surface area contributed by atoms with Gasteiger partial charge in [-0.1, -0.05) is 5.03 Å². The average molecular weight is 175 g/mol. The van der Waals surface area contributed by atoms with E-state index in [2.05, 4.69) is 17.9 Å². The molecular weight excluding hydrogens is 169 g/mol. The Balaban J connectivity index is 0. The van der Waals surface area contributed by atoms with E-state index >= 15 is 0 Å². The zero-order chi connectivity index (χ0) is 7.98. The third kappa shape index (κ3) is 5.06. The molecule has 0 aliphatic heterocycles. The molecule has 52 valence electrons. The van der Waals surface area contributed by atoms with Crippen molar-refractivity contribution in [3.63, 3.8) is 0 Å². The van der Waals surface area contributed by atoms with Crippen molar-refractivity contribution in [3.8, 4) is 12.1 Å². The molecule has 0 amide bonds. The summed E-state index contributed by atoms with van der Waals surface area (Å²) in [4.78, 5) is 0. The van der Waals surface area contributed by atoms with E-state index in [9.17, 15) is 0 Å². The van der Waals surface area contributed by atoms with Crippen LogP contribution in [0.15, 0.2) is 10.6 Å². The van der Waals surface area contributed by atoms with Crippen LogP contribution >= 0.6 is 0 Å². The van der Waals surface area contributed by atoms with E-state index in [4.69, 9.17) is 10.5 Å². The number of rotatable bonds is 2. The summed E-state index contributed by atoms with van der Waals surface area (Å²) >= 11 is 4.68. The van der Waals surface area contributed by atoms with Gasteiger partial charge in [0.25, 0.3) is 0 Å². The first-order valence-corrected chi connectivity index (χ1v) is 3.12. The monoisotopic (exact) mass is 175 g/mol. The van der Waals surface area contributed by atoms with Crippen molar-refractivity contribution in [1.82, 2.24) is 5.32 Å². The third-order valence-corrected chi connectivity index (χ3v) is 1.14. The number of hydrogen-bond donors (Lipinski definition) is 1. The number of hydrogen-bond acceptors (Lipinski definition) is 4. The maximum atomic E-state index is 8.29. The molecule has 0 aromatic rings. The van der Waals surface area contributed by atoms with Gasteiger partial charge in [0.1, 0.15) is 17.7 Å². The first-order valence-electron chi connectivity index (χ1n) is 2.71. The molecule has 11 heavy (non-hydrogen) atoms. The maximum absolute atomic E-state index is 8.29. The van der Waals surface area contributed by atoms with Crippen molar-refractivity contribution in [3.05, 3.63) is 10.6 Å². The Labute approximate surface area is 93.8 Å². The van der Waals surface area contributed by atoms with Gasteiger partial charge in [0.05, 0.1) is 0 Å². The summed E-state index contributed by atoms with van der Waals surface area (Å²) in [5.41, 5.74) is -0.0307. The molecule has 0 aromatic heterocycles. The van der Waals surface area contributed by atoms with E-state index in [-0.39, 0.29) is 40.2 Å². The minimum Gasteiger partial charge on any atom is -0.761 e. The fourth-order valence-electron chi connectivity index (χ4n) is 0.375. The average Bonchev–Trinajstić information content (AvgIpc) is 1.91. The molecule has 0 aliphatic rings. The summed E-state index contributed by atoms with van der Waals surface area (Å²) in [6, 6.07) is 3.38. The van der Waals surface area contributed by atoms with E-state index < -0.39 is 0 Å². The molecule has 0 saturated carbocycles. The molecule has 3 nitrogen and oxygen atoms in total. The van der Waals surface area contributed by atoms with Crippen LogP contribution in [-0.4, -0.2) is 6.54 Å². The SMILES string of the molecule is CCNC([S-])=C(C#N)C#N.[Na+]. The van der Waals surface area contributed by atoms with Gasteiger partial charge in [0, 0.05) is 6.54 Å². The summed E-state index contributed by atoms with van der Waals surface area (Å²) in [7, 11) is 0. The standard InChI is InChI=1S/C6H7N3S.Na/c1-2-9-6(10)5(3-7)4-8;/h9-10H,2H2,1H3;/q;+1/p-1. The van der Waals surface area contributed by atoms with Crippen molar-refractivity contribution >= 4 is 12.6 Å². The van der Waals surface area contributed by atoms with Gasteiger partial charge in [-0.15, -0.1) is 0 Å².